The topological polar surface area (TPSA) is 59.1 Å². The minimum absolute atomic E-state index is 0.336. The largest absolute Gasteiger partial charge is 0.389 e. The Bertz CT molecular complexity index is 412. The van der Waals surface area contributed by atoms with Crippen LogP contribution in [-0.4, -0.2) is 16.2 Å². The molecular formula is C13H18N2O. The predicted octanol–water partition coefficient (Wildman–Crippen LogP) is 2.29. The first-order chi connectivity index (χ1) is 7.66. The molecular weight excluding hydrogens is 200 g/mol. The smallest absolute Gasteiger partial charge is 0.130 e. The first-order valence-electron chi connectivity index (χ1n) is 5.78. The molecule has 16 heavy (non-hydrogen) atoms. The van der Waals surface area contributed by atoms with Crippen LogP contribution in [0.1, 0.15) is 36.8 Å². The number of hydrogen-bond acceptors (Lipinski definition) is 3. The van der Waals surface area contributed by atoms with Gasteiger partial charge < -0.3 is 10.8 Å². The molecule has 1 aliphatic rings. The quantitative estimate of drug-likeness (QED) is 0.760. The highest BCUT2D eigenvalue weighted by Crippen LogP contribution is 2.29. The molecule has 2 rings (SSSR count). The van der Waals surface area contributed by atoms with Gasteiger partial charge in [0.25, 0.3) is 0 Å². The van der Waals surface area contributed by atoms with Crippen LogP contribution in [-0.2, 0) is 0 Å². The summed E-state index contributed by atoms with van der Waals surface area (Å²) < 4.78 is 0. The lowest BCUT2D eigenvalue weighted by atomic mass is 10.0. The number of nitrogens with two attached hydrogens (primary N) is 1. The van der Waals surface area contributed by atoms with Gasteiger partial charge in [0.05, 0.1) is 6.10 Å². The van der Waals surface area contributed by atoms with E-state index in [2.05, 4.69) is 4.98 Å². The maximum absolute atomic E-state index is 9.74. The van der Waals surface area contributed by atoms with Gasteiger partial charge in [-0.3, -0.25) is 0 Å². The molecule has 0 saturated carbocycles. The normalized spacial score (nSPS) is 21.4. The van der Waals surface area contributed by atoms with Gasteiger partial charge in [0.1, 0.15) is 5.82 Å². The van der Waals surface area contributed by atoms with Gasteiger partial charge in [0, 0.05) is 11.8 Å². The molecule has 0 fully saturated rings. The number of aromatic nitrogens is 1. The van der Waals surface area contributed by atoms with Crippen LogP contribution in [0.2, 0.25) is 0 Å². The minimum Gasteiger partial charge on any atom is -0.389 e. The average Bonchev–Trinajstić information content (AvgIpc) is 2.46. The zero-order valence-corrected chi connectivity index (χ0v) is 9.61. The maximum Gasteiger partial charge on any atom is 0.130 e. The fourth-order valence-electron chi connectivity index (χ4n) is 2.13. The Labute approximate surface area is 96.0 Å². The summed E-state index contributed by atoms with van der Waals surface area (Å²) in [6, 6.07) is 2.05. The van der Waals surface area contributed by atoms with E-state index in [0.717, 1.165) is 42.4 Å². The van der Waals surface area contributed by atoms with E-state index in [1.807, 2.05) is 19.1 Å². The molecule has 1 heterocycles. The lowest BCUT2D eigenvalue weighted by Crippen LogP contribution is -2.02. The molecule has 3 heteroatoms. The molecule has 0 saturated heterocycles. The van der Waals surface area contributed by atoms with Crippen molar-refractivity contribution in [1.29, 1.82) is 0 Å². The molecule has 0 aromatic carbocycles. The Morgan fingerprint density at radius 3 is 3.06 bits per heavy atom. The Morgan fingerprint density at radius 2 is 2.25 bits per heavy atom. The number of pyridine rings is 1. The summed E-state index contributed by atoms with van der Waals surface area (Å²) in [6.07, 6.45) is 7.37. The van der Waals surface area contributed by atoms with Crippen LogP contribution < -0.4 is 5.73 Å². The van der Waals surface area contributed by atoms with Crippen molar-refractivity contribution in [3.05, 3.63) is 29.5 Å². The number of anilines is 1. The number of aliphatic hydroxyl groups excluding tert-OH is 1. The van der Waals surface area contributed by atoms with Crippen molar-refractivity contribution in [3.63, 3.8) is 0 Å². The average molecular weight is 218 g/mol. The van der Waals surface area contributed by atoms with Gasteiger partial charge in [0.15, 0.2) is 0 Å². The second kappa shape index (κ2) is 4.66. The fourth-order valence-corrected chi connectivity index (χ4v) is 2.13. The highest BCUT2D eigenvalue weighted by molar-refractivity contribution is 5.73. The molecule has 1 atom stereocenters. The highest BCUT2D eigenvalue weighted by atomic mass is 16.3. The van der Waals surface area contributed by atoms with Crippen molar-refractivity contribution in [2.45, 2.75) is 38.7 Å². The summed E-state index contributed by atoms with van der Waals surface area (Å²) in [6.45, 7) is 2.00. The van der Waals surface area contributed by atoms with E-state index in [-0.39, 0.29) is 6.10 Å². The Morgan fingerprint density at radius 1 is 1.44 bits per heavy atom. The van der Waals surface area contributed by atoms with Gasteiger partial charge in [-0.25, -0.2) is 4.98 Å². The standard InChI is InChI=1S/C13H18N2O/c1-9-6-12(13(14)15-8-9)10-4-2-3-5-11(16)7-10/h6-8,11,16H,2-5H2,1H3,(H2,14,15). The fraction of sp³-hybridized carbons (Fsp3) is 0.462. The van der Waals surface area contributed by atoms with Crippen molar-refractivity contribution in [1.82, 2.24) is 4.98 Å². The molecule has 0 amide bonds. The Balaban J connectivity index is 2.38. The first-order valence-corrected chi connectivity index (χ1v) is 5.78. The summed E-state index contributed by atoms with van der Waals surface area (Å²) in [7, 11) is 0. The maximum atomic E-state index is 9.74. The second-order valence-electron chi connectivity index (χ2n) is 4.45. The van der Waals surface area contributed by atoms with Crippen LogP contribution in [0.3, 0.4) is 0 Å². The number of rotatable bonds is 1. The Kier molecular flexibility index (Phi) is 3.25. The van der Waals surface area contributed by atoms with Gasteiger partial charge in [-0.1, -0.05) is 12.5 Å². The first kappa shape index (κ1) is 11.1. The molecule has 86 valence electrons. The second-order valence-corrected chi connectivity index (χ2v) is 4.45. The Hall–Kier alpha value is -1.35. The van der Waals surface area contributed by atoms with Gasteiger partial charge >= 0.3 is 0 Å². The molecule has 1 aromatic rings. The number of nitrogen functional groups attached to an aromatic ring is 1. The van der Waals surface area contributed by atoms with Crippen molar-refractivity contribution < 1.29 is 5.11 Å². The molecule has 1 aromatic heterocycles. The van der Waals surface area contributed by atoms with Gasteiger partial charge in [-0.05, 0) is 43.4 Å². The van der Waals surface area contributed by atoms with E-state index in [9.17, 15) is 5.11 Å². The van der Waals surface area contributed by atoms with Crippen LogP contribution in [0.4, 0.5) is 5.82 Å². The monoisotopic (exact) mass is 218 g/mol. The minimum atomic E-state index is -0.336. The van der Waals surface area contributed by atoms with Crippen molar-refractivity contribution in [2.24, 2.45) is 0 Å². The third-order valence-corrected chi connectivity index (χ3v) is 2.99. The van der Waals surface area contributed by atoms with Crippen molar-refractivity contribution >= 4 is 11.4 Å². The number of nitrogens with zero attached hydrogens (tertiary/aromatic N) is 1. The van der Waals surface area contributed by atoms with Crippen LogP contribution >= 0.6 is 0 Å². The lowest BCUT2D eigenvalue weighted by Gasteiger charge is -2.10. The number of hydrogen-bond donors (Lipinski definition) is 2. The van der Waals surface area contributed by atoms with Gasteiger partial charge in [-0.15, -0.1) is 0 Å². The summed E-state index contributed by atoms with van der Waals surface area (Å²) >= 11 is 0. The third kappa shape index (κ3) is 2.42. The van der Waals surface area contributed by atoms with Crippen molar-refractivity contribution in [2.75, 3.05) is 5.73 Å². The van der Waals surface area contributed by atoms with Gasteiger partial charge in [0.2, 0.25) is 0 Å². The van der Waals surface area contributed by atoms with Crippen LogP contribution in [0.5, 0.6) is 0 Å². The molecule has 1 aliphatic carbocycles. The van der Waals surface area contributed by atoms with E-state index >= 15 is 0 Å². The summed E-state index contributed by atoms with van der Waals surface area (Å²) in [4.78, 5) is 4.16. The molecule has 0 spiro atoms. The molecule has 3 nitrogen and oxygen atoms in total. The summed E-state index contributed by atoms with van der Waals surface area (Å²) in [5.41, 5.74) is 9.11. The lowest BCUT2D eigenvalue weighted by molar-refractivity contribution is 0.211. The zero-order chi connectivity index (χ0) is 11.5. The summed E-state index contributed by atoms with van der Waals surface area (Å²) in [5.74, 6) is 0.561. The number of allylic oxidation sites excluding steroid dienone is 1. The molecule has 0 aliphatic heterocycles. The third-order valence-electron chi connectivity index (χ3n) is 2.99. The zero-order valence-electron chi connectivity index (χ0n) is 9.61. The van der Waals surface area contributed by atoms with Crippen LogP contribution in [0.15, 0.2) is 18.3 Å². The SMILES string of the molecule is Cc1cnc(N)c(C2=CC(O)CCCC2)c1. The number of aryl methyl sites for hydroxylation is 1. The van der Waals surface area contributed by atoms with E-state index < -0.39 is 0 Å². The molecule has 3 N–H and O–H groups in total. The van der Waals surface area contributed by atoms with Gasteiger partial charge in [-0.2, -0.15) is 0 Å². The summed E-state index contributed by atoms with van der Waals surface area (Å²) in [5, 5.41) is 9.74. The van der Waals surface area contributed by atoms with E-state index in [0.29, 0.717) is 5.82 Å². The predicted molar refractivity (Wildman–Crippen MR) is 65.8 cm³/mol. The molecule has 0 bridgehead atoms. The van der Waals surface area contributed by atoms with E-state index in [1.165, 1.54) is 0 Å². The van der Waals surface area contributed by atoms with Crippen LogP contribution in [0.25, 0.3) is 5.57 Å². The highest BCUT2D eigenvalue weighted by Gasteiger charge is 2.13. The molecule has 0 radical (unpaired) electrons. The van der Waals surface area contributed by atoms with Crippen molar-refractivity contribution in [3.8, 4) is 0 Å². The van der Waals surface area contributed by atoms with Crippen LogP contribution in [0, 0.1) is 6.92 Å². The van der Waals surface area contributed by atoms with E-state index in [1.54, 1.807) is 6.20 Å². The number of aliphatic hydroxyl groups is 1. The molecule has 1 unspecified atom stereocenters. The van der Waals surface area contributed by atoms with E-state index in [4.69, 9.17) is 5.73 Å².